The summed E-state index contributed by atoms with van der Waals surface area (Å²) in [6.45, 7) is 4.36. The van der Waals surface area contributed by atoms with Crippen LogP contribution in [0.3, 0.4) is 0 Å². The van der Waals surface area contributed by atoms with E-state index in [0.717, 1.165) is 6.42 Å². The summed E-state index contributed by atoms with van der Waals surface area (Å²) in [5.74, 6) is 0.537. The molecule has 110 valence electrons. The van der Waals surface area contributed by atoms with E-state index >= 15 is 0 Å². The summed E-state index contributed by atoms with van der Waals surface area (Å²) in [7, 11) is 0. The Balaban J connectivity index is 2.01. The van der Waals surface area contributed by atoms with Crippen molar-refractivity contribution in [3.8, 4) is 0 Å². The van der Waals surface area contributed by atoms with E-state index in [-0.39, 0.29) is 11.8 Å². The number of hydrogen-bond donors (Lipinski definition) is 2. The summed E-state index contributed by atoms with van der Waals surface area (Å²) < 4.78 is 4.87. The van der Waals surface area contributed by atoms with Crippen LogP contribution in [-0.2, 0) is 0 Å². The lowest BCUT2D eigenvalue weighted by Crippen LogP contribution is -2.24. The van der Waals surface area contributed by atoms with Crippen molar-refractivity contribution < 1.29 is 14.1 Å². The molecule has 0 unspecified atom stereocenters. The van der Waals surface area contributed by atoms with Gasteiger partial charge in [0.1, 0.15) is 5.76 Å². The first-order valence-electron chi connectivity index (χ1n) is 6.73. The van der Waals surface area contributed by atoms with Crippen molar-refractivity contribution in [3.63, 3.8) is 0 Å². The minimum absolute atomic E-state index is 0.143. The van der Waals surface area contributed by atoms with Crippen LogP contribution in [-0.4, -0.2) is 23.5 Å². The first-order chi connectivity index (χ1) is 10.1. The molecule has 0 saturated heterocycles. The predicted octanol–water partition coefficient (Wildman–Crippen LogP) is 2.38. The van der Waals surface area contributed by atoms with E-state index in [4.69, 9.17) is 4.52 Å². The van der Waals surface area contributed by atoms with Crippen LogP contribution in [0.15, 0.2) is 34.9 Å². The van der Waals surface area contributed by atoms with Crippen LogP contribution in [0.4, 0.5) is 5.82 Å². The summed E-state index contributed by atoms with van der Waals surface area (Å²) in [4.78, 5) is 23.7. The highest BCUT2D eigenvalue weighted by atomic mass is 16.5. The second-order valence-corrected chi connectivity index (χ2v) is 4.61. The van der Waals surface area contributed by atoms with Gasteiger partial charge in [-0.05, 0) is 37.6 Å². The molecule has 0 fully saturated rings. The Kier molecular flexibility index (Phi) is 4.71. The number of benzene rings is 1. The van der Waals surface area contributed by atoms with Crippen LogP contribution in [0.25, 0.3) is 0 Å². The van der Waals surface area contributed by atoms with Crippen molar-refractivity contribution in [2.75, 3.05) is 11.9 Å². The maximum atomic E-state index is 12.0. The van der Waals surface area contributed by atoms with Crippen molar-refractivity contribution in [2.45, 2.75) is 20.3 Å². The van der Waals surface area contributed by atoms with Gasteiger partial charge in [-0.1, -0.05) is 12.1 Å². The van der Waals surface area contributed by atoms with Crippen LogP contribution in [0.5, 0.6) is 0 Å². The van der Waals surface area contributed by atoms with Gasteiger partial charge < -0.3 is 15.2 Å². The van der Waals surface area contributed by atoms with Crippen molar-refractivity contribution >= 4 is 17.6 Å². The van der Waals surface area contributed by atoms with Gasteiger partial charge in [0.25, 0.3) is 11.8 Å². The number of aromatic nitrogens is 1. The number of carbonyl (C=O) groups is 2. The highest BCUT2D eigenvalue weighted by molar-refractivity contribution is 6.04. The summed E-state index contributed by atoms with van der Waals surface area (Å²) in [6.07, 6.45) is 0.878. The molecule has 1 aromatic carbocycles. The Morgan fingerprint density at radius 3 is 2.29 bits per heavy atom. The van der Waals surface area contributed by atoms with Gasteiger partial charge in [-0.3, -0.25) is 9.59 Å². The molecule has 0 saturated carbocycles. The highest BCUT2D eigenvalue weighted by Gasteiger charge is 2.10. The van der Waals surface area contributed by atoms with Gasteiger partial charge in [-0.15, -0.1) is 0 Å². The Bertz CT molecular complexity index is 632. The summed E-state index contributed by atoms with van der Waals surface area (Å²) in [5, 5.41) is 9.09. The van der Waals surface area contributed by atoms with E-state index in [1.54, 1.807) is 37.3 Å². The maximum Gasteiger partial charge on any atom is 0.256 e. The second kappa shape index (κ2) is 6.69. The van der Waals surface area contributed by atoms with E-state index in [2.05, 4.69) is 15.8 Å². The molecule has 2 N–H and O–H groups in total. The molecule has 0 spiro atoms. The van der Waals surface area contributed by atoms with Crippen LogP contribution < -0.4 is 10.6 Å². The van der Waals surface area contributed by atoms with E-state index in [9.17, 15) is 9.59 Å². The molecule has 2 amide bonds. The van der Waals surface area contributed by atoms with Gasteiger partial charge in [0, 0.05) is 23.7 Å². The Hall–Kier alpha value is -2.63. The van der Waals surface area contributed by atoms with Crippen LogP contribution in [0, 0.1) is 6.92 Å². The number of amides is 2. The molecular weight excluding hydrogens is 270 g/mol. The number of nitrogens with zero attached hydrogens (tertiary/aromatic N) is 1. The van der Waals surface area contributed by atoms with Crippen molar-refractivity contribution in [1.82, 2.24) is 10.5 Å². The van der Waals surface area contributed by atoms with Gasteiger partial charge in [-0.25, -0.2) is 0 Å². The number of aryl methyl sites for hydroxylation is 1. The van der Waals surface area contributed by atoms with E-state index in [1.165, 1.54) is 0 Å². The van der Waals surface area contributed by atoms with Gasteiger partial charge >= 0.3 is 0 Å². The summed E-state index contributed by atoms with van der Waals surface area (Å²) in [5.41, 5.74) is 0.972. The third kappa shape index (κ3) is 3.92. The lowest BCUT2D eigenvalue weighted by Gasteiger charge is -2.05. The lowest BCUT2D eigenvalue weighted by atomic mass is 10.1. The fourth-order valence-corrected chi connectivity index (χ4v) is 1.73. The topological polar surface area (TPSA) is 84.2 Å². The molecule has 2 aromatic rings. The zero-order valence-electron chi connectivity index (χ0n) is 12.0. The third-order valence-electron chi connectivity index (χ3n) is 2.81. The molecule has 6 nitrogen and oxygen atoms in total. The Morgan fingerprint density at radius 2 is 1.76 bits per heavy atom. The Labute approximate surface area is 122 Å². The molecule has 6 heteroatoms. The molecule has 1 aromatic heterocycles. The van der Waals surface area contributed by atoms with E-state index in [1.807, 2.05) is 6.92 Å². The molecule has 2 rings (SSSR count). The van der Waals surface area contributed by atoms with Crippen LogP contribution in [0.1, 0.15) is 39.8 Å². The lowest BCUT2D eigenvalue weighted by molar-refractivity contribution is 0.0951. The number of nitrogens with one attached hydrogen (secondary N) is 2. The number of carbonyl (C=O) groups excluding carboxylic acids is 2. The molecule has 0 aliphatic carbocycles. The van der Waals surface area contributed by atoms with Crippen molar-refractivity contribution in [3.05, 3.63) is 47.2 Å². The molecule has 0 aliphatic rings. The van der Waals surface area contributed by atoms with Crippen molar-refractivity contribution in [2.24, 2.45) is 0 Å². The van der Waals surface area contributed by atoms with Crippen LogP contribution in [0.2, 0.25) is 0 Å². The highest BCUT2D eigenvalue weighted by Crippen LogP contribution is 2.10. The minimum atomic E-state index is -0.302. The van der Waals surface area contributed by atoms with Gasteiger partial charge in [-0.2, -0.15) is 0 Å². The normalized spacial score (nSPS) is 10.2. The summed E-state index contributed by atoms with van der Waals surface area (Å²) >= 11 is 0. The zero-order chi connectivity index (χ0) is 15.2. The average Bonchev–Trinajstić information content (AvgIpc) is 2.90. The van der Waals surface area contributed by atoms with E-state index in [0.29, 0.717) is 29.2 Å². The molecule has 21 heavy (non-hydrogen) atoms. The first-order valence-corrected chi connectivity index (χ1v) is 6.73. The second-order valence-electron chi connectivity index (χ2n) is 4.61. The van der Waals surface area contributed by atoms with Crippen molar-refractivity contribution in [1.29, 1.82) is 0 Å². The summed E-state index contributed by atoms with van der Waals surface area (Å²) in [6, 6.07) is 8.07. The third-order valence-corrected chi connectivity index (χ3v) is 2.81. The minimum Gasteiger partial charge on any atom is -0.360 e. The largest absolute Gasteiger partial charge is 0.360 e. The maximum absolute atomic E-state index is 12.0. The molecule has 0 atom stereocenters. The van der Waals surface area contributed by atoms with E-state index < -0.39 is 0 Å². The fourth-order valence-electron chi connectivity index (χ4n) is 1.73. The van der Waals surface area contributed by atoms with Gasteiger partial charge in [0.2, 0.25) is 0 Å². The monoisotopic (exact) mass is 287 g/mol. The zero-order valence-corrected chi connectivity index (χ0v) is 12.0. The SMILES string of the molecule is CCCNC(=O)c1ccc(C(=O)Nc2cc(C)on2)cc1. The number of rotatable bonds is 5. The molecule has 1 heterocycles. The Morgan fingerprint density at radius 1 is 1.14 bits per heavy atom. The number of anilines is 1. The molecule has 0 bridgehead atoms. The fraction of sp³-hybridized carbons (Fsp3) is 0.267. The quantitative estimate of drug-likeness (QED) is 0.884. The number of hydrogen-bond acceptors (Lipinski definition) is 4. The smallest absolute Gasteiger partial charge is 0.256 e. The first kappa shape index (κ1) is 14.8. The van der Waals surface area contributed by atoms with Crippen LogP contribution >= 0.6 is 0 Å². The molecule has 0 radical (unpaired) electrons. The standard InChI is InChI=1S/C15H17N3O3/c1-3-8-16-14(19)11-4-6-12(7-5-11)15(20)17-13-9-10(2)21-18-13/h4-7,9H,3,8H2,1-2H3,(H,16,19)(H,17,18,20). The van der Waals surface area contributed by atoms with Gasteiger partial charge in [0.15, 0.2) is 5.82 Å². The molecule has 0 aliphatic heterocycles. The average molecular weight is 287 g/mol. The predicted molar refractivity (Wildman–Crippen MR) is 78.3 cm³/mol. The van der Waals surface area contributed by atoms with Gasteiger partial charge in [0.05, 0.1) is 0 Å². The molecular formula is C15H17N3O3.